The molecule has 1 aromatic heterocycles. The van der Waals surface area contributed by atoms with Gasteiger partial charge in [0.1, 0.15) is 0 Å². The van der Waals surface area contributed by atoms with Gasteiger partial charge in [0.2, 0.25) is 5.91 Å². The molecule has 5 nitrogen and oxygen atoms in total. The molecule has 20 heavy (non-hydrogen) atoms. The van der Waals surface area contributed by atoms with Crippen LogP contribution in [0.3, 0.4) is 0 Å². The summed E-state index contributed by atoms with van der Waals surface area (Å²) >= 11 is 1.70. The van der Waals surface area contributed by atoms with E-state index in [4.69, 9.17) is 0 Å². The molecule has 0 radical (unpaired) electrons. The number of thiophene rings is 1. The van der Waals surface area contributed by atoms with Crippen LogP contribution in [0.4, 0.5) is 4.79 Å². The summed E-state index contributed by atoms with van der Waals surface area (Å²) in [6.45, 7) is 5.48. The number of urea groups is 1. The predicted molar refractivity (Wildman–Crippen MR) is 79.7 cm³/mol. The minimum atomic E-state index is -0.0499. The van der Waals surface area contributed by atoms with Crippen molar-refractivity contribution in [3.05, 3.63) is 21.9 Å². The van der Waals surface area contributed by atoms with Gasteiger partial charge in [0.25, 0.3) is 0 Å². The molecule has 0 aliphatic carbocycles. The lowest BCUT2D eigenvalue weighted by Gasteiger charge is -2.32. The molecule has 1 saturated heterocycles. The normalized spacial score (nSPS) is 18.7. The van der Waals surface area contributed by atoms with Crippen LogP contribution >= 0.6 is 11.3 Å². The zero-order valence-electron chi connectivity index (χ0n) is 11.9. The van der Waals surface area contributed by atoms with E-state index in [1.54, 1.807) is 16.2 Å². The fourth-order valence-electron chi connectivity index (χ4n) is 2.42. The van der Waals surface area contributed by atoms with Gasteiger partial charge in [0.05, 0.1) is 6.54 Å². The molecule has 0 bridgehead atoms. The second-order valence-corrected chi connectivity index (χ2v) is 6.53. The van der Waals surface area contributed by atoms with E-state index in [2.05, 4.69) is 23.6 Å². The van der Waals surface area contributed by atoms with Crippen LogP contribution in [0.2, 0.25) is 0 Å². The Kier molecular flexibility index (Phi) is 5.00. The van der Waals surface area contributed by atoms with E-state index < -0.39 is 0 Å². The molecule has 3 amide bonds. The van der Waals surface area contributed by atoms with E-state index in [1.165, 1.54) is 11.8 Å². The van der Waals surface area contributed by atoms with Crippen LogP contribution in [0.1, 0.15) is 29.5 Å². The zero-order valence-corrected chi connectivity index (χ0v) is 12.8. The molecule has 2 rings (SSSR count). The summed E-state index contributed by atoms with van der Waals surface area (Å²) < 4.78 is 0. The van der Waals surface area contributed by atoms with Crippen LogP contribution in [-0.2, 0) is 11.3 Å². The van der Waals surface area contributed by atoms with Crippen molar-refractivity contribution in [2.45, 2.75) is 39.3 Å². The monoisotopic (exact) mass is 295 g/mol. The molecule has 110 valence electrons. The lowest BCUT2D eigenvalue weighted by molar-refractivity contribution is -0.119. The van der Waals surface area contributed by atoms with Crippen LogP contribution in [0, 0.1) is 6.92 Å². The van der Waals surface area contributed by atoms with Crippen molar-refractivity contribution in [1.82, 2.24) is 15.5 Å². The number of hydrogen-bond acceptors (Lipinski definition) is 3. The number of nitrogens with zero attached hydrogens (tertiary/aromatic N) is 1. The van der Waals surface area contributed by atoms with Crippen molar-refractivity contribution in [1.29, 1.82) is 0 Å². The summed E-state index contributed by atoms with van der Waals surface area (Å²) in [6.07, 6.45) is 1.87. The number of nitrogens with one attached hydrogen (secondary N) is 2. The van der Waals surface area contributed by atoms with E-state index >= 15 is 0 Å². The molecule has 6 heteroatoms. The number of likely N-dealkylation sites (tertiary alicyclic amines) is 1. The molecule has 1 fully saturated rings. The van der Waals surface area contributed by atoms with Gasteiger partial charge in [0, 0.05) is 35.8 Å². The SMILES string of the molecule is CC(=O)NC1CCCN(C(=O)NCc2ccc(C)s2)C1. The second-order valence-electron chi connectivity index (χ2n) is 5.16. The molecule has 1 atom stereocenters. The van der Waals surface area contributed by atoms with E-state index in [1.807, 2.05) is 6.07 Å². The third-order valence-electron chi connectivity index (χ3n) is 3.33. The minimum Gasteiger partial charge on any atom is -0.352 e. The maximum Gasteiger partial charge on any atom is 0.317 e. The van der Waals surface area contributed by atoms with Crippen molar-refractivity contribution >= 4 is 23.3 Å². The van der Waals surface area contributed by atoms with Crippen molar-refractivity contribution in [2.24, 2.45) is 0 Å². The second kappa shape index (κ2) is 6.74. The molecule has 1 aliphatic rings. The molecule has 0 spiro atoms. The number of carbonyl (C=O) groups excluding carboxylic acids is 2. The highest BCUT2D eigenvalue weighted by Gasteiger charge is 2.23. The topological polar surface area (TPSA) is 61.4 Å². The van der Waals surface area contributed by atoms with Crippen LogP contribution in [0.5, 0.6) is 0 Å². The molecular weight excluding hydrogens is 274 g/mol. The molecule has 2 heterocycles. The number of rotatable bonds is 3. The Morgan fingerprint density at radius 3 is 2.90 bits per heavy atom. The maximum absolute atomic E-state index is 12.1. The standard InChI is InChI=1S/C14H21N3O2S/c1-10-5-6-13(20-10)8-15-14(19)17-7-3-4-12(9-17)16-11(2)18/h5-6,12H,3-4,7-9H2,1-2H3,(H,15,19)(H,16,18). The van der Waals surface area contributed by atoms with Gasteiger partial charge in [-0.25, -0.2) is 4.79 Å². The van der Waals surface area contributed by atoms with Gasteiger partial charge in [-0.15, -0.1) is 11.3 Å². The van der Waals surface area contributed by atoms with Gasteiger partial charge < -0.3 is 15.5 Å². The smallest absolute Gasteiger partial charge is 0.317 e. The summed E-state index contributed by atoms with van der Waals surface area (Å²) in [5.41, 5.74) is 0. The van der Waals surface area contributed by atoms with Crippen molar-refractivity contribution in [3.63, 3.8) is 0 Å². The predicted octanol–water partition coefficient (Wildman–Crippen LogP) is 1.87. The summed E-state index contributed by atoms with van der Waals surface area (Å²) in [5, 5.41) is 5.83. The molecule has 1 unspecified atom stereocenters. The van der Waals surface area contributed by atoms with Crippen LogP contribution in [0.15, 0.2) is 12.1 Å². The highest BCUT2D eigenvalue weighted by molar-refractivity contribution is 7.11. The first-order valence-corrected chi connectivity index (χ1v) is 7.71. The number of aryl methyl sites for hydroxylation is 1. The number of hydrogen-bond donors (Lipinski definition) is 2. The Morgan fingerprint density at radius 2 is 2.25 bits per heavy atom. The van der Waals surface area contributed by atoms with Crippen LogP contribution < -0.4 is 10.6 Å². The molecule has 1 aliphatic heterocycles. The molecule has 2 N–H and O–H groups in total. The summed E-state index contributed by atoms with van der Waals surface area (Å²) in [5.74, 6) is -0.0358. The minimum absolute atomic E-state index is 0.0358. The number of carbonyl (C=O) groups is 2. The summed E-state index contributed by atoms with van der Waals surface area (Å²) in [6, 6.07) is 4.12. The average Bonchev–Trinajstić information content (AvgIpc) is 2.81. The first-order valence-electron chi connectivity index (χ1n) is 6.90. The fourth-order valence-corrected chi connectivity index (χ4v) is 3.25. The number of amides is 3. The summed E-state index contributed by atoms with van der Waals surface area (Å²) in [4.78, 5) is 27.4. The van der Waals surface area contributed by atoms with Crippen LogP contribution in [-0.4, -0.2) is 36.0 Å². The number of piperidine rings is 1. The first kappa shape index (κ1) is 14.8. The molecular formula is C14H21N3O2S. The van der Waals surface area contributed by atoms with Gasteiger partial charge >= 0.3 is 6.03 Å². The fraction of sp³-hybridized carbons (Fsp3) is 0.571. The van der Waals surface area contributed by atoms with E-state index in [-0.39, 0.29) is 18.0 Å². The third kappa shape index (κ3) is 4.23. The Balaban J connectivity index is 1.81. The molecule has 1 aromatic rings. The average molecular weight is 295 g/mol. The highest BCUT2D eigenvalue weighted by atomic mass is 32.1. The quantitative estimate of drug-likeness (QED) is 0.894. The van der Waals surface area contributed by atoms with E-state index in [0.717, 1.165) is 24.3 Å². The van der Waals surface area contributed by atoms with Crippen molar-refractivity contribution in [2.75, 3.05) is 13.1 Å². The third-order valence-corrected chi connectivity index (χ3v) is 4.33. The van der Waals surface area contributed by atoms with Gasteiger partial charge in [-0.2, -0.15) is 0 Å². The Hall–Kier alpha value is -1.56. The van der Waals surface area contributed by atoms with E-state index in [0.29, 0.717) is 13.1 Å². The first-order chi connectivity index (χ1) is 9.54. The Morgan fingerprint density at radius 1 is 1.45 bits per heavy atom. The highest BCUT2D eigenvalue weighted by Crippen LogP contribution is 2.15. The van der Waals surface area contributed by atoms with Gasteiger partial charge in [-0.05, 0) is 31.9 Å². The van der Waals surface area contributed by atoms with Crippen LogP contribution in [0.25, 0.3) is 0 Å². The lowest BCUT2D eigenvalue weighted by atomic mass is 10.1. The largest absolute Gasteiger partial charge is 0.352 e. The Labute approximate surface area is 123 Å². The van der Waals surface area contributed by atoms with Crippen molar-refractivity contribution < 1.29 is 9.59 Å². The summed E-state index contributed by atoms with van der Waals surface area (Å²) in [7, 11) is 0. The van der Waals surface area contributed by atoms with Gasteiger partial charge in [-0.3, -0.25) is 4.79 Å². The van der Waals surface area contributed by atoms with E-state index in [9.17, 15) is 9.59 Å². The molecule has 0 saturated carbocycles. The molecule has 0 aromatic carbocycles. The van der Waals surface area contributed by atoms with Gasteiger partial charge in [-0.1, -0.05) is 0 Å². The maximum atomic E-state index is 12.1. The lowest BCUT2D eigenvalue weighted by Crippen LogP contribution is -2.51. The van der Waals surface area contributed by atoms with Crippen molar-refractivity contribution in [3.8, 4) is 0 Å². The Bertz CT molecular complexity index is 487. The van der Waals surface area contributed by atoms with Gasteiger partial charge in [0.15, 0.2) is 0 Å². The zero-order chi connectivity index (χ0) is 14.5.